The second-order valence-corrected chi connectivity index (χ2v) is 4.20. The fourth-order valence-electron chi connectivity index (χ4n) is 1.96. The van der Waals surface area contributed by atoms with E-state index in [2.05, 4.69) is 31.0 Å². The van der Waals surface area contributed by atoms with E-state index in [1.807, 2.05) is 17.0 Å². The first-order valence-electron chi connectivity index (χ1n) is 5.31. The molecule has 0 fully saturated rings. The minimum absolute atomic E-state index is 0.0868. The lowest BCUT2D eigenvalue weighted by atomic mass is 10.0. The van der Waals surface area contributed by atoms with E-state index in [1.165, 1.54) is 0 Å². The molecular weight excluding hydrogens is 188 g/mol. The first-order valence-corrected chi connectivity index (χ1v) is 5.31. The number of carbonyl (C=O) groups is 1. The first kappa shape index (κ1) is 10.0. The lowest BCUT2D eigenvalue weighted by Gasteiger charge is -2.27. The average molecular weight is 204 g/mol. The van der Waals surface area contributed by atoms with Crippen LogP contribution >= 0.6 is 0 Å². The quantitative estimate of drug-likeness (QED) is 0.735. The van der Waals surface area contributed by atoms with Gasteiger partial charge in [0.15, 0.2) is 0 Å². The fourth-order valence-corrected chi connectivity index (χ4v) is 1.96. The van der Waals surface area contributed by atoms with Crippen molar-refractivity contribution in [3.8, 4) is 0 Å². The smallest absolute Gasteiger partial charge is 0.271 e. The molecule has 1 N–H and O–H groups in total. The summed E-state index contributed by atoms with van der Waals surface area (Å²) in [6.45, 7) is 4.99. The molecule has 1 unspecified atom stereocenters. The molecule has 15 heavy (non-hydrogen) atoms. The molecule has 3 heteroatoms. The number of H-pyrrole nitrogens is 1. The van der Waals surface area contributed by atoms with Crippen LogP contribution in [0.4, 0.5) is 0 Å². The molecule has 1 aromatic heterocycles. The van der Waals surface area contributed by atoms with Gasteiger partial charge in [-0.15, -0.1) is 0 Å². The number of aromatic nitrogens is 1. The summed E-state index contributed by atoms with van der Waals surface area (Å²) in [5.41, 5.74) is 0.671. The summed E-state index contributed by atoms with van der Waals surface area (Å²) in [7, 11) is 0. The van der Waals surface area contributed by atoms with E-state index in [9.17, 15) is 4.79 Å². The van der Waals surface area contributed by atoms with E-state index < -0.39 is 0 Å². The van der Waals surface area contributed by atoms with E-state index >= 15 is 0 Å². The van der Waals surface area contributed by atoms with Crippen LogP contribution in [0, 0.1) is 5.92 Å². The summed E-state index contributed by atoms with van der Waals surface area (Å²) in [6.07, 6.45) is 5.96. The molecular formula is C12H16N2O. The molecule has 1 aliphatic heterocycles. The van der Waals surface area contributed by atoms with Gasteiger partial charge >= 0.3 is 0 Å². The zero-order valence-corrected chi connectivity index (χ0v) is 9.10. The number of carbonyl (C=O) groups excluding carboxylic acids is 1. The van der Waals surface area contributed by atoms with Gasteiger partial charge in [0, 0.05) is 12.7 Å². The van der Waals surface area contributed by atoms with Crippen LogP contribution in [0.25, 0.3) is 0 Å². The Morgan fingerprint density at radius 3 is 3.00 bits per heavy atom. The van der Waals surface area contributed by atoms with E-state index in [4.69, 9.17) is 0 Å². The van der Waals surface area contributed by atoms with Gasteiger partial charge in [-0.05, 0) is 18.1 Å². The largest absolute Gasteiger partial charge is 0.357 e. The second-order valence-electron chi connectivity index (χ2n) is 4.20. The Hall–Kier alpha value is -1.51. The van der Waals surface area contributed by atoms with Gasteiger partial charge < -0.3 is 9.88 Å². The maximum atomic E-state index is 12.1. The number of aromatic amines is 1. The maximum Gasteiger partial charge on any atom is 0.271 e. The molecule has 2 heterocycles. The zero-order chi connectivity index (χ0) is 10.8. The molecule has 3 nitrogen and oxygen atoms in total. The van der Waals surface area contributed by atoms with Crippen molar-refractivity contribution in [3.05, 3.63) is 36.2 Å². The Morgan fingerprint density at radius 1 is 1.60 bits per heavy atom. The summed E-state index contributed by atoms with van der Waals surface area (Å²) < 4.78 is 0. The van der Waals surface area contributed by atoms with E-state index in [1.54, 1.807) is 6.20 Å². The van der Waals surface area contributed by atoms with Crippen LogP contribution in [0.15, 0.2) is 30.5 Å². The van der Waals surface area contributed by atoms with Crippen molar-refractivity contribution in [1.82, 2.24) is 9.88 Å². The van der Waals surface area contributed by atoms with Crippen molar-refractivity contribution in [2.45, 2.75) is 19.9 Å². The molecule has 1 aromatic rings. The minimum Gasteiger partial charge on any atom is -0.357 e. The van der Waals surface area contributed by atoms with Gasteiger partial charge in [0.2, 0.25) is 0 Å². The summed E-state index contributed by atoms with van der Waals surface area (Å²) in [6, 6.07) is 3.90. The Bertz CT molecular complexity index is 365. The Labute approximate surface area is 89.8 Å². The SMILES string of the molecule is CC(C)C1C=CCN1C(=O)c1ccc[nH]1. The van der Waals surface area contributed by atoms with Crippen molar-refractivity contribution in [1.29, 1.82) is 0 Å². The summed E-state index contributed by atoms with van der Waals surface area (Å²) in [5, 5.41) is 0. The third-order valence-electron chi connectivity index (χ3n) is 2.77. The van der Waals surface area contributed by atoms with Crippen LogP contribution in [-0.4, -0.2) is 28.4 Å². The molecule has 2 rings (SSSR count). The van der Waals surface area contributed by atoms with Crippen LogP contribution < -0.4 is 0 Å². The number of nitrogens with one attached hydrogen (secondary N) is 1. The first-order chi connectivity index (χ1) is 7.20. The molecule has 1 amide bonds. The summed E-state index contributed by atoms with van der Waals surface area (Å²) in [4.78, 5) is 16.9. The molecule has 0 spiro atoms. The molecule has 0 saturated carbocycles. The molecule has 0 saturated heterocycles. The second kappa shape index (κ2) is 3.93. The monoisotopic (exact) mass is 204 g/mol. The predicted octanol–water partition coefficient (Wildman–Crippen LogP) is 2.05. The molecule has 0 aliphatic carbocycles. The highest BCUT2D eigenvalue weighted by atomic mass is 16.2. The number of nitrogens with zero attached hydrogens (tertiary/aromatic N) is 1. The van der Waals surface area contributed by atoms with Crippen LogP contribution in [0.2, 0.25) is 0 Å². The van der Waals surface area contributed by atoms with Gasteiger partial charge in [0.25, 0.3) is 5.91 Å². The van der Waals surface area contributed by atoms with Crippen LogP contribution in [-0.2, 0) is 0 Å². The number of hydrogen-bond donors (Lipinski definition) is 1. The lowest BCUT2D eigenvalue weighted by molar-refractivity contribution is 0.0715. The number of rotatable bonds is 2. The van der Waals surface area contributed by atoms with Crippen LogP contribution in [0.1, 0.15) is 24.3 Å². The highest BCUT2D eigenvalue weighted by molar-refractivity contribution is 5.93. The van der Waals surface area contributed by atoms with E-state index in [0.29, 0.717) is 11.6 Å². The Morgan fingerprint density at radius 2 is 2.40 bits per heavy atom. The van der Waals surface area contributed by atoms with Gasteiger partial charge in [0.05, 0.1) is 6.04 Å². The van der Waals surface area contributed by atoms with Crippen molar-refractivity contribution in [2.75, 3.05) is 6.54 Å². The van der Waals surface area contributed by atoms with Crippen LogP contribution in [0.5, 0.6) is 0 Å². The van der Waals surface area contributed by atoms with Gasteiger partial charge in [-0.2, -0.15) is 0 Å². The molecule has 1 aliphatic rings. The van der Waals surface area contributed by atoms with Gasteiger partial charge in [-0.25, -0.2) is 0 Å². The minimum atomic E-state index is 0.0868. The van der Waals surface area contributed by atoms with Gasteiger partial charge in [-0.1, -0.05) is 26.0 Å². The topological polar surface area (TPSA) is 36.1 Å². The molecule has 0 radical (unpaired) electrons. The van der Waals surface area contributed by atoms with Crippen molar-refractivity contribution < 1.29 is 4.79 Å². The number of amides is 1. The molecule has 1 atom stereocenters. The fraction of sp³-hybridized carbons (Fsp3) is 0.417. The standard InChI is InChI=1S/C12H16N2O/c1-9(2)11-6-4-8-14(11)12(15)10-5-3-7-13-10/h3-7,9,11,13H,8H2,1-2H3. The highest BCUT2D eigenvalue weighted by Gasteiger charge is 2.27. The van der Waals surface area contributed by atoms with Crippen LogP contribution in [0.3, 0.4) is 0 Å². The Balaban J connectivity index is 2.15. The third-order valence-corrected chi connectivity index (χ3v) is 2.77. The Kier molecular flexibility index (Phi) is 2.62. The maximum absolute atomic E-state index is 12.1. The van der Waals surface area contributed by atoms with E-state index in [0.717, 1.165) is 6.54 Å². The van der Waals surface area contributed by atoms with Crippen molar-refractivity contribution >= 4 is 5.91 Å². The summed E-state index contributed by atoms with van der Waals surface area (Å²) in [5.74, 6) is 0.548. The highest BCUT2D eigenvalue weighted by Crippen LogP contribution is 2.19. The number of hydrogen-bond acceptors (Lipinski definition) is 1. The third kappa shape index (κ3) is 1.82. The van der Waals surface area contributed by atoms with Gasteiger partial charge in [0.1, 0.15) is 5.69 Å². The zero-order valence-electron chi connectivity index (χ0n) is 9.10. The van der Waals surface area contributed by atoms with Gasteiger partial charge in [-0.3, -0.25) is 4.79 Å². The normalized spacial score (nSPS) is 20.2. The summed E-state index contributed by atoms with van der Waals surface area (Å²) >= 11 is 0. The van der Waals surface area contributed by atoms with Crippen molar-refractivity contribution in [2.24, 2.45) is 5.92 Å². The average Bonchev–Trinajstić information content (AvgIpc) is 2.88. The lowest BCUT2D eigenvalue weighted by Crippen LogP contribution is -2.39. The molecule has 0 aromatic carbocycles. The predicted molar refractivity (Wildman–Crippen MR) is 59.6 cm³/mol. The van der Waals surface area contributed by atoms with Crippen molar-refractivity contribution in [3.63, 3.8) is 0 Å². The molecule has 0 bridgehead atoms. The molecule has 80 valence electrons. The van der Waals surface area contributed by atoms with E-state index in [-0.39, 0.29) is 11.9 Å².